The Bertz CT molecular complexity index is 939. The molecular formula is C20H17ClN4O2. The first kappa shape index (κ1) is 18.5. The largest absolute Gasteiger partial charge is 0.350 e. The zero-order valence-electron chi connectivity index (χ0n) is 14.6. The second-order valence-corrected chi connectivity index (χ2v) is 6.30. The first-order chi connectivity index (χ1) is 13.0. The lowest BCUT2D eigenvalue weighted by Gasteiger charge is -2.07. The second-order valence-electron chi connectivity index (χ2n) is 5.86. The molecule has 3 rings (SSSR count). The van der Waals surface area contributed by atoms with E-state index >= 15 is 0 Å². The van der Waals surface area contributed by atoms with E-state index in [1.807, 2.05) is 24.3 Å². The van der Waals surface area contributed by atoms with Gasteiger partial charge in [0.1, 0.15) is 0 Å². The highest BCUT2D eigenvalue weighted by Crippen LogP contribution is 2.13. The molecule has 0 saturated heterocycles. The SMILES string of the molecule is CC(=O)c1ccc(NC(=O)c2cnc(NCc3ccc(Cl)cc3)nc2)cc1. The van der Waals surface area contributed by atoms with Gasteiger partial charge in [0.05, 0.1) is 5.56 Å². The van der Waals surface area contributed by atoms with Crippen molar-refractivity contribution in [2.45, 2.75) is 13.5 Å². The Hall–Kier alpha value is -3.25. The summed E-state index contributed by atoms with van der Waals surface area (Å²) in [5.41, 5.74) is 2.56. The number of nitrogens with zero attached hydrogens (tertiary/aromatic N) is 2. The Labute approximate surface area is 161 Å². The molecular weight excluding hydrogens is 364 g/mol. The Morgan fingerprint density at radius 3 is 2.15 bits per heavy atom. The number of amides is 1. The van der Waals surface area contributed by atoms with Gasteiger partial charge in [-0.05, 0) is 48.9 Å². The molecule has 0 fully saturated rings. The molecule has 0 aliphatic heterocycles. The van der Waals surface area contributed by atoms with Crippen LogP contribution in [0.3, 0.4) is 0 Å². The van der Waals surface area contributed by atoms with Crippen molar-refractivity contribution in [2.24, 2.45) is 0 Å². The number of nitrogens with one attached hydrogen (secondary N) is 2. The Kier molecular flexibility index (Phi) is 5.78. The number of carbonyl (C=O) groups is 2. The van der Waals surface area contributed by atoms with Gasteiger partial charge in [-0.3, -0.25) is 9.59 Å². The fourth-order valence-electron chi connectivity index (χ4n) is 2.31. The average Bonchev–Trinajstić information content (AvgIpc) is 2.68. The summed E-state index contributed by atoms with van der Waals surface area (Å²) in [6, 6.07) is 14.1. The van der Waals surface area contributed by atoms with Crippen molar-refractivity contribution in [3.05, 3.63) is 82.6 Å². The van der Waals surface area contributed by atoms with Gasteiger partial charge in [-0.25, -0.2) is 9.97 Å². The molecule has 7 heteroatoms. The summed E-state index contributed by atoms with van der Waals surface area (Å²) in [6.45, 7) is 2.04. The quantitative estimate of drug-likeness (QED) is 0.626. The third kappa shape index (κ3) is 5.12. The summed E-state index contributed by atoms with van der Waals surface area (Å²) in [7, 11) is 0. The van der Waals surface area contributed by atoms with Crippen molar-refractivity contribution in [3.8, 4) is 0 Å². The third-order valence-electron chi connectivity index (χ3n) is 3.83. The van der Waals surface area contributed by atoms with Crippen LogP contribution >= 0.6 is 11.6 Å². The second kappa shape index (κ2) is 8.42. The van der Waals surface area contributed by atoms with Crippen molar-refractivity contribution >= 4 is 34.9 Å². The number of halogens is 1. The van der Waals surface area contributed by atoms with E-state index in [4.69, 9.17) is 11.6 Å². The number of Topliss-reactive ketones (excluding diaryl/α,β-unsaturated/α-hetero) is 1. The molecule has 0 spiro atoms. The molecule has 1 aromatic heterocycles. The maximum atomic E-state index is 12.3. The van der Waals surface area contributed by atoms with E-state index in [-0.39, 0.29) is 11.7 Å². The first-order valence-electron chi connectivity index (χ1n) is 8.24. The number of carbonyl (C=O) groups excluding carboxylic acids is 2. The van der Waals surface area contributed by atoms with Gasteiger partial charge >= 0.3 is 0 Å². The van der Waals surface area contributed by atoms with Crippen LogP contribution in [0.2, 0.25) is 5.02 Å². The van der Waals surface area contributed by atoms with Crippen LogP contribution in [-0.4, -0.2) is 21.7 Å². The minimum atomic E-state index is -0.324. The lowest BCUT2D eigenvalue weighted by atomic mass is 10.1. The number of hydrogen-bond acceptors (Lipinski definition) is 5. The van der Waals surface area contributed by atoms with Crippen molar-refractivity contribution in [2.75, 3.05) is 10.6 Å². The van der Waals surface area contributed by atoms with Crippen molar-refractivity contribution in [1.82, 2.24) is 9.97 Å². The number of benzene rings is 2. The van der Waals surface area contributed by atoms with Crippen molar-refractivity contribution < 1.29 is 9.59 Å². The number of ketones is 1. The van der Waals surface area contributed by atoms with Crippen LogP contribution in [-0.2, 0) is 6.54 Å². The molecule has 136 valence electrons. The van der Waals surface area contributed by atoms with Gasteiger partial charge in [0.2, 0.25) is 5.95 Å². The maximum Gasteiger partial charge on any atom is 0.258 e. The van der Waals surface area contributed by atoms with E-state index < -0.39 is 0 Å². The smallest absolute Gasteiger partial charge is 0.258 e. The number of hydrogen-bond donors (Lipinski definition) is 2. The van der Waals surface area contributed by atoms with E-state index in [1.54, 1.807) is 24.3 Å². The van der Waals surface area contributed by atoms with E-state index in [0.29, 0.717) is 34.3 Å². The molecule has 27 heavy (non-hydrogen) atoms. The van der Waals surface area contributed by atoms with Crippen LogP contribution < -0.4 is 10.6 Å². The lowest BCUT2D eigenvalue weighted by Crippen LogP contribution is -2.13. The molecule has 3 aromatic rings. The summed E-state index contributed by atoms with van der Waals surface area (Å²) in [5, 5.41) is 6.51. The standard InChI is InChI=1S/C20H17ClN4O2/c1-13(26)15-4-8-18(9-5-15)25-19(27)16-11-23-20(24-12-16)22-10-14-2-6-17(21)7-3-14/h2-9,11-12H,10H2,1H3,(H,25,27)(H,22,23,24). The molecule has 1 heterocycles. The van der Waals surface area contributed by atoms with Crippen molar-refractivity contribution in [3.63, 3.8) is 0 Å². The zero-order chi connectivity index (χ0) is 19.2. The summed E-state index contributed by atoms with van der Waals surface area (Å²) >= 11 is 5.86. The fourth-order valence-corrected chi connectivity index (χ4v) is 2.44. The van der Waals surface area contributed by atoms with Gasteiger partial charge in [-0.15, -0.1) is 0 Å². The highest BCUT2D eigenvalue weighted by atomic mass is 35.5. The molecule has 0 saturated carbocycles. The molecule has 0 aliphatic rings. The highest BCUT2D eigenvalue weighted by molar-refractivity contribution is 6.30. The molecule has 2 aromatic carbocycles. The van der Waals surface area contributed by atoms with Crippen molar-refractivity contribution in [1.29, 1.82) is 0 Å². The fraction of sp³-hybridized carbons (Fsp3) is 0.100. The van der Waals surface area contributed by atoms with Gasteiger partial charge in [0, 0.05) is 35.2 Å². The Balaban J connectivity index is 1.58. The van der Waals surface area contributed by atoms with E-state index in [2.05, 4.69) is 20.6 Å². The molecule has 1 amide bonds. The molecule has 0 aliphatic carbocycles. The van der Waals surface area contributed by atoms with Gasteiger partial charge in [0.25, 0.3) is 5.91 Å². The van der Waals surface area contributed by atoms with Crippen LogP contribution in [0.1, 0.15) is 33.2 Å². The molecule has 0 bridgehead atoms. The highest BCUT2D eigenvalue weighted by Gasteiger charge is 2.08. The average molecular weight is 381 g/mol. The van der Waals surface area contributed by atoms with E-state index in [0.717, 1.165) is 5.56 Å². The Morgan fingerprint density at radius 2 is 1.56 bits per heavy atom. The van der Waals surface area contributed by atoms with Crippen LogP contribution in [0.25, 0.3) is 0 Å². The van der Waals surface area contributed by atoms with E-state index in [1.165, 1.54) is 19.3 Å². The topological polar surface area (TPSA) is 84.0 Å². The minimum absolute atomic E-state index is 0.0250. The van der Waals surface area contributed by atoms with Crippen LogP contribution in [0.5, 0.6) is 0 Å². The third-order valence-corrected chi connectivity index (χ3v) is 4.08. The Morgan fingerprint density at radius 1 is 0.926 bits per heavy atom. The summed E-state index contributed by atoms with van der Waals surface area (Å²) in [5.74, 6) is 0.0742. The monoisotopic (exact) mass is 380 g/mol. The van der Waals surface area contributed by atoms with Gasteiger partial charge < -0.3 is 10.6 Å². The predicted octanol–water partition coefficient (Wildman–Crippen LogP) is 4.20. The number of aromatic nitrogens is 2. The maximum absolute atomic E-state index is 12.3. The number of anilines is 2. The van der Waals surface area contributed by atoms with Crippen LogP contribution in [0.15, 0.2) is 60.9 Å². The molecule has 2 N–H and O–H groups in total. The predicted molar refractivity (Wildman–Crippen MR) is 105 cm³/mol. The summed E-state index contributed by atoms with van der Waals surface area (Å²) in [6.07, 6.45) is 2.91. The van der Waals surface area contributed by atoms with Crippen LogP contribution in [0, 0.1) is 0 Å². The lowest BCUT2D eigenvalue weighted by molar-refractivity contribution is 0.101. The first-order valence-corrected chi connectivity index (χ1v) is 8.62. The summed E-state index contributed by atoms with van der Waals surface area (Å²) in [4.78, 5) is 31.9. The molecule has 0 radical (unpaired) electrons. The minimum Gasteiger partial charge on any atom is -0.350 e. The number of rotatable bonds is 6. The van der Waals surface area contributed by atoms with Gasteiger partial charge in [-0.1, -0.05) is 23.7 Å². The zero-order valence-corrected chi connectivity index (χ0v) is 15.3. The summed E-state index contributed by atoms with van der Waals surface area (Å²) < 4.78 is 0. The molecule has 6 nitrogen and oxygen atoms in total. The molecule has 0 unspecified atom stereocenters. The van der Waals surface area contributed by atoms with Gasteiger partial charge in [-0.2, -0.15) is 0 Å². The molecule has 0 atom stereocenters. The van der Waals surface area contributed by atoms with Crippen LogP contribution in [0.4, 0.5) is 11.6 Å². The normalized spacial score (nSPS) is 10.3. The van der Waals surface area contributed by atoms with E-state index in [9.17, 15) is 9.59 Å². The van der Waals surface area contributed by atoms with Gasteiger partial charge in [0.15, 0.2) is 5.78 Å².